The molecule has 3 aromatic heterocycles. The Bertz CT molecular complexity index is 1510. The average Bonchev–Trinajstić information content (AvgIpc) is 3.08. The molecule has 5 aromatic rings. The molecular formula is C21H16N6O2. The molecule has 0 spiro atoms. The first-order chi connectivity index (χ1) is 14.0. The summed E-state index contributed by atoms with van der Waals surface area (Å²) in [4.78, 5) is 28.1. The van der Waals surface area contributed by atoms with E-state index in [4.69, 9.17) is 5.73 Å². The van der Waals surface area contributed by atoms with Crippen molar-refractivity contribution >= 4 is 27.6 Å². The van der Waals surface area contributed by atoms with Crippen LogP contribution in [0.15, 0.2) is 70.4 Å². The Morgan fingerprint density at radius 2 is 1.69 bits per heavy atom. The van der Waals surface area contributed by atoms with E-state index in [1.165, 1.54) is 10.7 Å². The largest absolute Gasteiger partial charge is 0.399 e. The molecular weight excluding hydrogens is 368 g/mol. The highest BCUT2D eigenvalue weighted by Gasteiger charge is 2.16. The van der Waals surface area contributed by atoms with Crippen molar-refractivity contribution in [3.05, 3.63) is 81.5 Å². The number of aromatic amines is 1. The molecule has 0 amide bonds. The number of benzene rings is 2. The lowest BCUT2D eigenvalue weighted by atomic mass is 10.1. The van der Waals surface area contributed by atoms with Gasteiger partial charge in [0.05, 0.1) is 22.3 Å². The zero-order valence-corrected chi connectivity index (χ0v) is 15.5. The highest BCUT2D eigenvalue weighted by Crippen LogP contribution is 2.24. The summed E-state index contributed by atoms with van der Waals surface area (Å²) in [5.74, 6) is 0. The highest BCUT2D eigenvalue weighted by molar-refractivity contribution is 5.91. The maximum Gasteiger partial charge on any atom is 0.281 e. The van der Waals surface area contributed by atoms with Crippen LogP contribution in [0.4, 0.5) is 5.69 Å². The summed E-state index contributed by atoms with van der Waals surface area (Å²) in [6, 6.07) is 15.4. The summed E-state index contributed by atoms with van der Waals surface area (Å²) < 4.78 is 3.06. The molecule has 0 radical (unpaired) electrons. The fraction of sp³-hybridized carbons (Fsp3) is 0.0476. The maximum atomic E-state index is 13.4. The van der Waals surface area contributed by atoms with Gasteiger partial charge >= 0.3 is 0 Å². The molecule has 2 aromatic carbocycles. The Kier molecular flexibility index (Phi) is 3.60. The van der Waals surface area contributed by atoms with Crippen LogP contribution in [0.1, 0.15) is 0 Å². The number of aryl methyl sites for hydroxylation is 1. The predicted octanol–water partition coefficient (Wildman–Crippen LogP) is 2.21. The summed E-state index contributed by atoms with van der Waals surface area (Å²) in [6.07, 6.45) is 1.88. The topological polar surface area (TPSA) is 112 Å². The zero-order valence-electron chi connectivity index (χ0n) is 15.5. The van der Waals surface area contributed by atoms with Crippen LogP contribution >= 0.6 is 0 Å². The minimum Gasteiger partial charge on any atom is -0.399 e. The van der Waals surface area contributed by atoms with E-state index in [1.807, 2.05) is 25.4 Å². The van der Waals surface area contributed by atoms with Crippen molar-refractivity contribution < 1.29 is 0 Å². The smallest absolute Gasteiger partial charge is 0.281 e. The third-order valence-electron chi connectivity index (χ3n) is 4.81. The number of hydrogen-bond donors (Lipinski definition) is 2. The van der Waals surface area contributed by atoms with Gasteiger partial charge in [0.15, 0.2) is 0 Å². The number of aromatic nitrogens is 5. The minimum atomic E-state index is -0.340. The van der Waals surface area contributed by atoms with E-state index in [0.29, 0.717) is 33.5 Å². The van der Waals surface area contributed by atoms with Crippen molar-refractivity contribution in [3.8, 4) is 16.8 Å². The lowest BCUT2D eigenvalue weighted by Crippen LogP contribution is -2.24. The fourth-order valence-corrected chi connectivity index (χ4v) is 3.47. The first-order valence-electron chi connectivity index (χ1n) is 8.96. The Balaban J connectivity index is 1.85. The molecule has 8 heteroatoms. The second-order valence-electron chi connectivity index (χ2n) is 6.84. The van der Waals surface area contributed by atoms with Gasteiger partial charge in [-0.05, 0) is 42.0 Å². The minimum absolute atomic E-state index is 0.301. The summed E-state index contributed by atoms with van der Waals surface area (Å²) >= 11 is 0. The Morgan fingerprint density at radius 3 is 2.48 bits per heavy atom. The monoisotopic (exact) mass is 384 g/mol. The number of anilines is 1. The van der Waals surface area contributed by atoms with Gasteiger partial charge in [0.2, 0.25) is 5.56 Å². The van der Waals surface area contributed by atoms with Crippen molar-refractivity contribution in [2.24, 2.45) is 7.05 Å². The van der Waals surface area contributed by atoms with E-state index in [9.17, 15) is 9.59 Å². The fourth-order valence-electron chi connectivity index (χ4n) is 3.47. The van der Waals surface area contributed by atoms with Crippen molar-refractivity contribution in [3.63, 3.8) is 0 Å². The quantitative estimate of drug-likeness (QED) is 0.453. The van der Waals surface area contributed by atoms with Gasteiger partial charge in [-0.2, -0.15) is 14.9 Å². The van der Waals surface area contributed by atoms with Crippen LogP contribution in [0.5, 0.6) is 0 Å². The van der Waals surface area contributed by atoms with Gasteiger partial charge in [-0.1, -0.05) is 12.1 Å². The van der Waals surface area contributed by atoms with E-state index in [0.717, 1.165) is 10.9 Å². The van der Waals surface area contributed by atoms with Crippen LogP contribution in [0.2, 0.25) is 0 Å². The lowest BCUT2D eigenvalue weighted by molar-refractivity contribution is 0.780. The molecule has 0 aliphatic heterocycles. The van der Waals surface area contributed by atoms with E-state index in [-0.39, 0.29) is 11.1 Å². The molecule has 0 saturated heterocycles. The highest BCUT2D eigenvalue weighted by atomic mass is 16.1. The van der Waals surface area contributed by atoms with E-state index < -0.39 is 0 Å². The van der Waals surface area contributed by atoms with E-state index >= 15 is 0 Å². The van der Waals surface area contributed by atoms with Crippen LogP contribution < -0.4 is 16.9 Å². The number of hydrogen-bond acceptors (Lipinski definition) is 5. The summed E-state index contributed by atoms with van der Waals surface area (Å²) in [6.45, 7) is 0. The zero-order chi connectivity index (χ0) is 20.1. The second kappa shape index (κ2) is 6.16. The first kappa shape index (κ1) is 16.9. The number of fused-ring (bicyclic) bond motifs is 2. The Morgan fingerprint density at radius 1 is 0.931 bits per heavy atom. The van der Waals surface area contributed by atoms with Gasteiger partial charge in [-0.3, -0.25) is 14.3 Å². The molecule has 142 valence electrons. The summed E-state index contributed by atoms with van der Waals surface area (Å²) in [7, 11) is 1.84. The number of pyridine rings is 1. The van der Waals surface area contributed by atoms with Crippen LogP contribution in [-0.4, -0.2) is 24.5 Å². The number of rotatable bonds is 2. The Labute approximate surface area is 163 Å². The van der Waals surface area contributed by atoms with Crippen LogP contribution in [-0.2, 0) is 7.05 Å². The van der Waals surface area contributed by atoms with Crippen LogP contribution in [0.3, 0.4) is 0 Å². The molecule has 0 aliphatic rings. The summed E-state index contributed by atoms with van der Waals surface area (Å²) in [5.41, 5.74) is 9.08. The molecule has 0 fully saturated rings. The molecule has 3 heterocycles. The second-order valence-corrected chi connectivity index (χ2v) is 6.84. The average molecular weight is 384 g/mol. The molecule has 0 saturated carbocycles. The van der Waals surface area contributed by atoms with Gasteiger partial charge in [-0.25, -0.2) is 0 Å². The third kappa shape index (κ3) is 2.78. The van der Waals surface area contributed by atoms with Gasteiger partial charge in [0.1, 0.15) is 5.52 Å². The van der Waals surface area contributed by atoms with E-state index in [1.54, 1.807) is 41.1 Å². The molecule has 29 heavy (non-hydrogen) atoms. The first-order valence-corrected chi connectivity index (χ1v) is 8.96. The number of nitrogens with zero attached hydrogens (tertiary/aromatic N) is 4. The summed E-state index contributed by atoms with van der Waals surface area (Å²) in [5, 5.41) is 9.74. The normalized spacial score (nSPS) is 11.3. The van der Waals surface area contributed by atoms with Crippen molar-refractivity contribution in [2.75, 3.05) is 5.73 Å². The van der Waals surface area contributed by atoms with Crippen molar-refractivity contribution in [1.82, 2.24) is 24.5 Å². The molecule has 0 aliphatic carbocycles. The number of nitrogens with two attached hydrogens (primary N) is 1. The van der Waals surface area contributed by atoms with Crippen molar-refractivity contribution in [2.45, 2.75) is 0 Å². The predicted molar refractivity (Wildman–Crippen MR) is 112 cm³/mol. The standard InChI is InChI=1S/C21H16N6O2/c1-26-11-13-10-15(6-7-16(13)24-26)27-21(29)19(12-2-4-14(22)5-3-12)20-17(25-27)8-9-18(28)23-20/h2-11H,22H2,1H3,(H,23,28). The molecule has 5 rings (SSSR count). The Hall–Kier alpha value is -4.20. The molecule has 0 atom stereocenters. The van der Waals surface area contributed by atoms with Gasteiger partial charge in [0.25, 0.3) is 5.56 Å². The lowest BCUT2D eigenvalue weighted by Gasteiger charge is -2.11. The van der Waals surface area contributed by atoms with E-state index in [2.05, 4.69) is 15.2 Å². The maximum absolute atomic E-state index is 13.4. The van der Waals surface area contributed by atoms with Crippen LogP contribution in [0.25, 0.3) is 38.8 Å². The van der Waals surface area contributed by atoms with Crippen LogP contribution in [0, 0.1) is 0 Å². The SMILES string of the molecule is Cn1cc2cc(-n3nc4ccc(=O)[nH]c4c(-c4ccc(N)cc4)c3=O)ccc2n1. The number of H-pyrrole nitrogens is 1. The molecule has 3 N–H and O–H groups in total. The van der Waals surface area contributed by atoms with Crippen molar-refractivity contribution in [1.29, 1.82) is 0 Å². The number of nitrogens with one attached hydrogen (secondary N) is 1. The number of nitrogen functional groups attached to an aromatic ring is 1. The molecule has 0 unspecified atom stereocenters. The third-order valence-corrected chi connectivity index (χ3v) is 4.81. The van der Waals surface area contributed by atoms with Gasteiger partial charge in [0, 0.05) is 30.4 Å². The van der Waals surface area contributed by atoms with Gasteiger partial charge in [-0.15, -0.1) is 0 Å². The van der Waals surface area contributed by atoms with Gasteiger partial charge < -0.3 is 10.7 Å². The molecule has 0 bridgehead atoms. The molecule has 8 nitrogen and oxygen atoms in total.